The van der Waals surface area contributed by atoms with Crippen LogP contribution in [-0.2, 0) is 0 Å². The van der Waals surface area contributed by atoms with Crippen LogP contribution in [0.25, 0.3) is 0 Å². The van der Waals surface area contributed by atoms with Gasteiger partial charge in [0.1, 0.15) is 5.82 Å². The summed E-state index contributed by atoms with van der Waals surface area (Å²) in [5.41, 5.74) is 3.66. The number of anilines is 1. The second-order valence-electron chi connectivity index (χ2n) is 8.39. The van der Waals surface area contributed by atoms with Gasteiger partial charge in [-0.2, -0.15) is 0 Å². The van der Waals surface area contributed by atoms with E-state index >= 15 is 0 Å². The summed E-state index contributed by atoms with van der Waals surface area (Å²) in [6, 6.07) is 13.4. The van der Waals surface area contributed by atoms with Crippen LogP contribution in [-0.4, -0.2) is 48.7 Å². The maximum Gasteiger partial charge on any atom is 0.162 e. The molecule has 0 amide bonds. The van der Waals surface area contributed by atoms with Crippen molar-refractivity contribution >= 4 is 23.2 Å². The lowest BCUT2D eigenvalue weighted by molar-refractivity contribution is 0.0971. The number of hydrogen-bond acceptors (Lipinski definition) is 4. The van der Waals surface area contributed by atoms with Crippen molar-refractivity contribution in [1.29, 1.82) is 0 Å². The first-order valence-corrected chi connectivity index (χ1v) is 11.7. The SMILES string of the molecule is O=C(CCCN1CCC2C(C1)c1cccc3c1N2CCCS3)c1ccc(F)cc1. The van der Waals surface area contributed by atoms with Crippen LogP contribution in [0.4, 0.5) is 10.1 Å². The molecule has 2 atom stereocenters. The number of Topliss-reactive ketones (excluding diaryl/α,β-unsaturated/α-hetero) is 1. The molecule has 3 heterocycles. The monoisotopic (exact) mass is 410 g/mol. The maximum atomic E-state index is 13.0. The zero-order valence-electron chi connectivity index (χ0n) is 16.6. The highest BCUT2D eigenvalue weighted by Gasteiger charge is 2.43. The minimum atomic E-state index is -0.295. The highest BCUT2D eigenvalue weighted by Crippen LogP contribution is 2.50. The van der Waals surface area contributed by atoms with Gasteiger partial charge in [-0.3, -0.25) is 4.79 Å². The fourth-order valence-electron chi connectivity index (χ4n) is 5.26. The van der Waals surface area contributed by atoms with Crippen LogP contribution < -0.4 is 4.90 Å². The molecule has 3 aliphatic rings. The summed E-state index contributed by atoms with van der Waals surface area (Å²) in [6.45, 7) is 4.34. The lowest BCUT2D eigenvalue weighted by Crippen LogP contribution is -2.46. The van der Waals surface area contributed by atoms with Crippen molar-refractivity contribution in [3.05, 3.63) is 59.4 Å². The van der Waals surface area contributed by atoms with Gasteiger partial charge in [-0.25, -0.2) is 4.39 Å². The molecular weight excluding hydrogens is 383 g/mol. The standard InChI is InChI=1S/C24H27FN2OS/c25-18-9-7-17(8-10-18)22(28)5-2-12-26-14-11-21-20(16-26)19-4-1-6-23-24(19)27(21)13-3-15-29-23/h1,4,6-10,20-21H,2-3,5,11-16H2. The van der Waals surface area contributed by atoms with Gasteiger partial charge in [0.15, 0.2) is 5.78 Å². The number of fused-ring (bicyclic) bond motifs is 3. The number of carbonyl (C=O) groups excluding carboxylic acids is 1. The number of carbonyl (C=O) groups is 1. The molecule has 0 saturated carbocycles. The molecule has 3 nitrogen and oxygen atoms in total. The number of thioether (sulfide) groups is 1. The first-order chi connectivity index (χ1) is 14.2. The lowest BCUT2D eigenvalue weighted by Gasteiger charge is -2.39. The quantitative estimate of drug-likeness (QED) is 0.650. The third-order valence-corrected chi connectivity index (χ3v) is 7.76. The van der Waals surface area contributed by atoms with E-state index in [1.165, 1.54) is 53.4 Å². The van der Waals surface area contributed by atoms with Crippen LogP contribution in [0.3, 0.4) is 0 Å². The molecule has 0 N–H and O–H groups in total. The van der Waals surface area contributed by atoms with Crippen LogP contribution >= 0.6 is 11.8 Å². The molecule has 2 aromatic carbocycles. The van der Waals surface area contributed by atoms with Crippen molar-refractivity contribution in [3.8, 4) is 0 Å². The maximum absolute atomic E-state index is 13.0. The summed E-state index contributed by atoms with van der Waals surface area (Å²) in [5, 5.41) is 0. The molecule has 0 spiro atoms. The van der Waals surface area contributed by atoms with Crippen molar-refractivity contribution in [1.82, 2.24) is 4.90 Å². The number of para-hydroxylation sites is 1. The number of ketones is 1. The second-order valence-corrected chi connectivity index (χ2v) is 9.52. The molecule has 3 aliphatic heterocycles. The molecule has 1 saturated heterocycles. The number of halogens is 1. The molecule has 2 unspecified atom stereocenters. The van der Waals surface area contributed by atoms with Crippen LogP contribution in [0.5, 0.6) is 0 Å². The van der Waals surface area contributed by atoms with Gasteiger partial charge in [0.25, 0.3) is 0 Å². The number of rotatable bonds is 5. The lowest BCUT2D eigenvalue weighted by atomic mass is 9.89. The van der Waals surface area contributed by atoms with E-state index in [2.05, 4.69) is 28.0 Å². The van der Waals surface area contributed by atoms with E-state index in [4.69, 9.17) is 0 Å². The average Bonchev–Trinajstić information content (AvgIpc) is 2.89. The molecule has 0 bridgehead atoms. The van der Waals surface area contributed by atoms with E-state index in [0.29, 0.717) is 23.9 Å². The molecule has 5 heteroatoms. The van der Waals surface area contributed by atoms with E-state index in [1.807, 2.05) is 11.8 Å². The molecular formula is C24H27FN2OS. The molecule has 152 valence electrons. The fourth-order valence-corrected chi connectivity index (χ4v) is 6.30. The summed E-state index contributed by atoms with van der Waals surface area (Å²) >= 11 is 2.01. The van der Waals surface area contributed by atoms with Gasteiger partial charge in [-0.05, 0) is 67.5 Å². The molecule has 0 aromatic heterocycles. The first kappa shape index (κ1) is 19.1. The van der Waals surface area contributed by atoms with Gasteiger partial charge in [0, 0.05) is 48.5 Å². The van der Waals surface area contributed by atoms with Crippen LogP contribution in [0.2, 0.25) is 0 Å². The Balaban J connectivity index is 1.22. The van der Waals surface area contributed by atoms with E-state index in [-0.39, 0.29) is 11.6 Å². The van der Waals surface area contributed by atoms with Gasteiger partial charge in [0.05, 0.1) is 5.69 Å². The Morgan fingerprint density at radius 1 is 1.14 bits per heavy atom. The third kappa shape index (κ3) is 3.71. The Morgan fingerprint density at radius 3 is 2.86 bits per heavy atom. The molecule has 0 aliphatic carbocycles. The van der Waals surface area contributed by atoms with Crippen molar-refractivity contribution in [3.63, 3.8) is 0 Å². The summed E-state index contributed by atoms with van der Waals surface area (Å²) in [6.07, 6.45) is 3.85. The third-order valence-electron chi connectivity index (χ3n) is 6.62. The normalized spacial score (nSPS) is 23.4. The summed E-state index contributed by atoms with van der Waals surface area (Å²) < 4.78 is 13.0. The van der Waals surface area contributed by atoms with Gasteiger partial charge >= 0.3 is 0 Å². The smallest absolute Gasteiger partial charge is 0.162 e. The number of hydrogen-bond donors (Lipinski definition) is 0. The Kier molecular flexibility index (Phi) is 5.35. The summed E-state index contributed by atoms with van der Waals surface area (Å²) in [4.78, 5) is 19.1. The Morgan fingerprint density at radius 2 is 2.00 bits per heavy atom. The van der Waals surface area contributed by atoms with E-state index in [0.717, 1.165) is 26.1 Å². The van der Waals surface area contributed by atoms with Gasteiger partial charge in [-0.15, -0.1) is 11.8 Å². The molecule has 1 fully saturated rings. The highest BCUT2D eigenvalue weighted by molar-refractivity contribution is 7.99. The zero-order valence-corrected chi connectivity index (χ0v) is 17.5. The number of benzene rings is 2. The van der Waals surface area contributed by atoms with Crippen molar-refractivity contribution in [2.45, 2.75) is 42.5 Å². The van der Waals surface area contributed by atoms with Crippen LogP contribution in [0.15, 0.2) is 47.4 Å². The van der Waals surface area contributed by atoms with Crippen LogP contribution in [0.1, 0.15) is 47.5 Å². The number of likely N-dealkylation sites (tertiary alicyclic amines) is 1. The summed E-state index contributed by atoms with van der Waals surface area (Å²) in [5.74, 6) is 1.63. The van der Waals surface area contributed by atoms with Crippen LogP contribution in [0, 0.1) is 5.82 Å². The first-order valence-electron chi connectivity index (χ1n) is 10.7. The minimum absolute atomic E-state index is 0.112. The average molecular weight is 411 g/mol. The number of piperidine rings is 1. The predicted molar refractivity (Wildman–Crippen MR) is 117 cm³/mol. The second kappa shape index (κ2) is 8.11. The molecule has 2 aromatic rings. The molecule has 0 radical (unpaired) electrons. The predicted octanol–water partition coefficient (Wildman–Crippen LogP) is 4.96. The zero-order chi connectivity index (χ0) is 19.8. The van der Waals surface area contributed by atoms with Gasteiger partial charge in [0.2, 0.25) is 0 Å². The molecule has 5 rings (SSSR count). The van der Waals surface area contributed by atoms with Crippen molar-refractivity contribution in [2.75, 3.05) is 36.8 Å². The Bertz CT molecular complexity index is 900. The topological polar surface area (TPSA) is 23.6 Å². The van der Waals surface area contributed by atoms with Crippen molar-refractivity contribution < 1.29 is 9.18 Å². The highest BCUT2D eigenvalue weighted by atomic mass is 32.2. The summed E-state index contributed by atoms with van der Waals surface area (Å²) in [7, 11) is 0. The Labute approximate surface area is 176 Å². The minimum Gasteiger partial charge on any atom is -0.367 e. The fraction of sp³-hybridized carbons (Fsp3) is 0.458. The number of nitrogens with zero attached hydrogens (tertiary/aromatic N) is 2. The van der Waals surface area contributed by atoms with Crippen molar-refractivity contribution in [2.24, 2.45) is 0 Å². The van der Waals surface area contributed by atoms with E-state index in [1.54, 1.807) is 12.1 Å². The van der Waals surface area contributed by atoms with E-state index in [9.17, 15) is 9.18 Å². The molecule has 29 heavy (non-hydrogen) atoms. The Hall–Kier alpha value is -1.85. The van der Waals surface area contributed by atoms with E-state index < -0.39 is 0 Å². The largest absolute Gasteiger partial charge is 0.367 e. The van der Waals surface area contributed by atoms with Gasteiger partial charge < -0.3 is 9.80 Å². The van der Waals surface area contributed by atoms with Gasteiger partial charge in [-0.1, -0.05) is 12.1 Å².